The smallest absolute Gasteiger partial charge is 0.394 e. The van der Waals surface area contributed by atoms with Crippen LogP contribution in [0.1, 0.15) is 45.7 Å². The number of nitrogens with zero attached hydrogens (tertiary/aromatic N) is 2. The van der Waals surface area contributed by atoms with Gasteiger partial charge in [0.15, 0.2) is 5.69 Å². The minimum absolute atomic E-state index is 0.00852. The van der Waals surface area contributed by atoms with Crippen molar-refractivity contribution in [1.82, 2.24) is 15.1 Å². The Hall–Kier alpha value is -1.08. The second kappa shape index (κ2) is 7.26. The number of aliphatic hydroxyl groups is 1. The Bertz CT molecular complexity index is 425. The van der Waals surface area contributed by atoms with Crippen LogP contribution in [-0.4, -0.2) is 33.1 Å². The molecule has 0 saturated carbocycles. The lowest BCUT2D eigenvalue weighted by molar-refractivity contribution is -0.141. The second-order valence-corrected chi connectivity index (χ2v) is 5.66. The number of aromatic nitrogens is 2. The highest BCUT2D eigenvalue weighted by Gasteiger charge is 2.33. The van der Waals surface area contributed by atoms with Crippen molar-refractivity contribution in [2.45, 2.75) is 64.3 Å². The van der Waals surface area contributed by atoms with Crippen molar-refractivity contribution >= 4 is 0 Å². The summed E-state index contributed by atoms with van der Waals surface area (Å²) in [5, 5.41) is 16.5. The zero-order valence-electron chi connectivity index (χ0n) is 12.7. The minimum atomic E-state index is -4.40. The summed E-state index contributed by atoms with van der Waals surface area (Å²) in [5.74, 6) is 0. The van der Waals surface area contributed by atoms with Crippen molar-refractivity contribution in [1.29, 1.82) is 0 Å². The highest BCUT2D eigenvalue weighted by Crippen LogP contribution is 2.27. The number of aliphatic hydroxyl groups excluding tert-OH is 1. The van der Waals surface area contributed by atoms with Gasteiger partial charge in [-0.25, -0.2) is 0 Å². The third-order valence-electron chi connectivity index (χ3n) is 3.55. The quantitative estimate of drug-likeness (QED) is 0.776. The molecule has 122 valence electrons. The van der Waals surface area contributed by atoms with Gasteiger partial charge in [-0.3, -0.25) is 4.68 Å². The van der Waals surface area contributed by atoms with E-state index in [0.29, 0.717) is 19.4 Å². The van der Waals surface area contributed by atoms with Crippen LogP contribution in [0.3, 0.4) is 0 Å². The largest absolute Gasteiger partial charge is 0.435 e. The Morgan fingerprint density at radius 2 is 2.05 bits per heavy atom. The van der Waals surface area contributed by atoms with Crippen molar-refractivity contribution in [3.05, 3.63) is 18.0 Å². The SMILES string of the molecule is CCC(CO)(CCCn1ccc(C(F)(F)F)n1)NC(C)C. The Morgan fingerprint density at radius 3 is 2.48 bits per heavy atom. The molecule has 7 heteroatoms. The summed E-state index contributed by atoms with van der Waals surface area (Å²) in [4.78, 5) is 0. The number of nitrogens with one attached hydrogen (secondary N) is 1. The van der Waals surface area contributed by atoms with E-state index in [2.05, 4.69) is 10.4 Å². The minimum Gasteiger partial charge on any atom is -0.394 e. The number of hydrogen-bond acceptors (Lipinski definition) is 3. The molecular weight excluding hydrogens is 283 g/mol. The molecule has 0 aliphatic rings. The van der Waals surface area contributed by atoms with Crippen LogP contribution in [0.5, 0.6) is 0 Å². The second-order valence-electron chi connectivity index (χ2n) is 5.66. The Kier molecular flexibility index (Phi) is 6.22. The van der Waals surface area contributed by atoms with Crippen LogP contribution in [0.15, 0.2) is 12.3 Å². The highest BCUT2D eigenvalue weighted by molar-refractivity contribution is 5.03. The van der Waals surface area contributed by atoms with Crippen LogP contribution in [0, 0.1) is 0 Å². The zero-order chi connectivity index (χ0) is 16.1. The fraction of sp³-hybridized carbons (Fsp3) is 0.786. The summed E-state index contributed by atoms with van der Waals surface area (Å²) in [6, 6.07) is 1.21. The van der Waals surface area contributed by atoms with E-state index >= 15 is 0 Å². The van der Waals surface area contributed by atoms with Gasteiger partial charge >= 0.3 is 6.18 Å². The maximum Gasteiger partial charge on any atom is 0.435 e. The molecule has 0 aliphatic heterocycles. The molecule has 1 aromatic rings. The van der Waals surface area contributed by atoms with E-state index in [-0.39, 0.29) is 18.2 Å². The first-order chi connectivity index (χ1) is 9.72. The monoisotopic (exact) mass is 307 g/mol. The van der Waals surface area contributed by atoms with Crippen molar-refractivity contribution < 1.29 is 18.3 Å². The van der Waals surface area contributed by atoms with Gasteiger partial charge < -0.3 is 10.4 Å². The van der Waals surface area contributed by atoms with Crippen LogP contribution in [0.25, 0.3) is 0 Å². The van der Waals surface area contributed by atoms with Gasteiger partial charge in [-0.1, -0.05) is 20.8 Å². The molecule has 1 unspecified atom stereocenters. The van der Waals surface area contributed by atoms with Gasteiger partial charge in [0.05, 0.1) is 6.61 Å². The summed E-state index contributed by atoms with van der Waals surface area (Å²) < 4.78 is 38.6. The standard InChI is InChI=1S/C14H24F3N3O/c1-4-13(10-21,18-11(2)3)7-5-8-20-9-6-12(19-20)14(15,16)17/h6,9,11,18,21H,4-5,7-8,10H2,1-3H3. The molecule has 1 aromatic heterocycles. The van der Waals surface area contributed by atoms with E-state index in [4.69, 9.17) is 0 Å². The predicted molar refractivity (Wildman–Crippen MR) is 74.8 cm³/mol. The molecule has 1 atom stereocenters. The molecule has 21 heavy (non-hydrogen) atoms. The summed E-state index contributed by atoms with van der Waals surface area (Å²) >= 11 is 0. The molecule has 0 bridgehead atoms. The Morgan fingerprint density at radius 1 is 1.38 bits per heavy atom. The maximum atomic E-state index is 12.4. The normalized spacial score (nSPS) is 15.4. The number of rotatable bonds is 8. The van der Waals surface area contributed by atoms with Crippen LogP contribution < -0.4 is 5.32 Å². The molecule has 0 fully saturated rings. The van der Waals surface area contributed by atoms with Crippen molar-refractivity contribution in [3.63, 3.8) is 0 Å². The molecule has 0 aliphatic carbocycles. The first kappa shape index (κ1) is 18.0. The van der Waals surface area contributed by atoms with Crippen LogP contribution in [0.4, 0.5) is 13.2 Å². The van der Waals surface area contributed by atoms with Gasteiger partial charge in [-0.2, -0.15) is 18.3 Å². The lowest BCUT2D eigenvalue weighted by atomic mass is 9.90. The third kappa shape index (κ3) is 5.32. The van der Waals surface area contributed by atoms with Gasteiger partial charge in [0.2, 0.25) is 0 Å². The van der Waals surface area contributed by atoms with E-state index in [0.717, 1.165) is 12.5 Å². The molecule has 0 spiro atoms. The van der Waals surface area contributed by atoms with E-state index in [9.17, 15) is 18.3 Å². The number of hydrogen-bond donors (Lipinski definition) is 2. The summed E-state index contributed by atoms with van der Waals surface area (Å²) in [6.45, 7) is 6.40. The molecule has 0 amide bonds. The summed E-state index contributed by atoms with van der Waals surface area (Å²) in [5.41, 5.74) is -1.25. The average molecular weight is 307 g/mol. The van der Waals surface area contributed by atoms with Gasteiger partial charge in [0.25, 0.3) is 0 Å². The summed E-state index contributed by atoms with van der Waals surface area (Å²) in [7, 11) is 0. The van der Waals surface area contributed by atoms with E-state index < -0.39 is 11.9 Å². The van der Waals surface area contributed by atoms with Gasteiger partial charge in [-0.05, 0) is 25.3 Å². The molecular formula is C14H24F3N3O. The molecule has 2 N–H and O–H groups in total. The van der Waals surface area contributed by atoms with Gasteiger partial charge in [0, 0.05) is 24.3 Å². The fourth-order valence-electron chi connectivity index (χ4n) is 2.42. The Balaban J connectivity index is 2.56. The Labute approximate surface area is 123 Å². The summed E-state index contributed by atoms with van der Waals surface area (Å²) in [6.07, 6.45) is -0.977. The van der Waals surface area contributed by atoms with Crippen LogP contribution >= 0.6 is 0 Å². The zero-order valence-corrected chi connectivity index (χ0v) is 12.7. The highest BCUT2D eigenvalue weighted by atomic mass is 19.4. The first-order valence-corrected chi connectivity index (χ1v) is 7.21. The average Bonchev–Trinajstić information content (AvgIpc) is 2.85. The van der Waals surface area contributed by atoms with Crippen molar-refractivity contribution in [3.8, 4) is 0 Å². The van der Waals surface area contributed by atoms with E-state index in [1.54, 1.807) is 0 Å². The van der Waals surface area contributed by atoms with Crippen molar-refractivity contribution in [2.75, 3.05) is 6.61 Å². The van der Waals surface area contributed by atoms with Gasteiger partial charge in [0.1, 0.15) is 0 Å². The molecule has 0 aromatic carbocycles. The van der Waals surface area contributed by atoms with E-state index in [1.807, 2.05) is 20.8 Å². The maximum absolute atomic E-state index is 12.4. The molecule has 1 heterocycles. The molecule has 4 nitrogen and oxygen atoms in total. The van der Waals surface area contributed by atoms with Crippen LogP contribution in [0.2, 0.25) is 0 Å². The van der Waals surface area contributed by atoms with Crippen LogP contribution in [-0.2, 0) is 12.7 Å². The number of alkyl halides is 3. The topological polar surface area (TPSA) is 50.1 Å². The third-order valence-corrected chi connectivity index (χ3v) is 3.55. The first-order valence-electron chi connectivity index (χ1n) is 7.21. The number of halogens is 3. The lowest BCUT2D eigenvalue weighted by Gasteiger charge is -2.34. The predicted octanol–water partition coefficient (Wildman–Crippen LogP) is 2.82. The van der Waals surface area contributed by atoms with E-state index in [1.165, 1.54) is 10.9 Å². The molecule has 0 radical (unpaired) electrons. The molecule has 1 rings (SSSR count). The lowest BCUT2D eigenvalue weighted by Crippen LogP contribution is -2.51. The molecule has 0 saturated heterocycles. The number of aryl methyl sites for hydroxylation is 1. The van der Waals surface area contributed by atoms with Crippen molar-refractivity contribution in [2.24, 2.45) is 0 Å². The fourth-order valence-corrected chi connectivity index (χ4v) is 2.42. The van der Waals surface area contributed by atoms with Gasteiger partial charge in [-0.15, -0.1) is 0 Å².